The zero-order valence-electron chi connectivity index (χ0n) is 8.36. The van der Waals surface area contributed by atoms with Crippen LogP contribution in [-0.4, -0.2) is 28.6 Å². The maximum Gasteiger partial charge on any atom is 0.425 e. The van der Waals surface area contributed by atoms with E-state index in [-0.39, 0.29) is 6.29 Å². The summed E-state index contributed by atoms with van der Waals surface area (Å²) >= 11 is 4.28. The Hall–Kier alpha value is -0.430. The van der Waals surface area contributed by atoms with Crippen LogP contribution < -0.4 is 0 Å². The van der Waals surface area contributed by atoms with E-state index in [0.717, 1.165) is 13.8 Å². The number of alkyl halides is 6. The van der Waals surface area contributed by atoms with Crippen molar-refractivity contribution in [1.82, 2.24) is 0 Å². The third-order valence-corrected chi connectivity index (χ3v) is 2.50. The zero-order valence-corrected chi connectivity index (χ0v) is 9.11. The van der Waals surface area contributed by atoms with Crippen LogP contribution >= 0.6 is 11.6 Å². The summed E-state index contributed by atoms with van der Waals surface area (Å²) < 4.78 is 62.7. The first-order valence-corrected chi connectivity index (χ1v) is 4.58. The van der Waals surface area contributed by atoms with Gasteiger partial charge < -0.3 is 9.90 Å². The molecule has 8 heteroatoms. The minimum atomic E-state index is -5.71. The van der Waals surface area contributed by atoms with E-state index in [2.05, 4.69) is 11.6 Å². The average molecular weight is 269 g/mol. The molecule has 2 nitrogen and oxygen atoms in total. The molecule has 0 fully saturated rings. The number of carbonyl (C=O) groups is 1. The molecule has 16 heavy (non-hydrogen) atoms. The molecular formula is C8H10ClF5O2. The van der Waals surface area contributed by atoms with Gasteiger partial charge in [0, 0.05) is 0 Å². The van der Waals surface area contributed by atoms with Crippen molar-refractivity contribution in [3.63, 3.8) is 0 Å². The molecule has 0 aliphatic rings. The van der Waals surface area contributed by atoms with Gasteiger partial charge in [-0.3, -0.25) is 0 Å². The lowest BCUT2D eigenvalue weighted by molar-refractivity contribution is -0.327. The lowest BCUT2D eigenvalue weighted by atomic mass is 9.80. The van der Waals surface area contributed by atoms with Gasteiger partial charge in [0.1, 0.15) is 6.29 Å². The first-order valence-electron chi connectivity index (χ1n) is 4.20. The molecule has 0 aliphatic carbocycles. The molecule has 0 heterocycles. The first-order chi connectivity index (χ1) is 6.89. The summed E-state index contributed by atoms with van der Waals surface area (Å²) in [4.78, 5) is 10.4. The Bertz CT molecular complexity index is 244. The monoisotopic (exact) mass is 268 g/mol. The number of aliphatic hydroxyl groups is 1. The highest BCUT2D eigenvalue weighted by Gasteiger charge is 2.72. The van der Waals surface area contributed by atoms with E-state index in [1.54, 1.807) is 0 Å². The summed E-state index contributed by atoms with van der Waals surface area (Å²) in [5, 5.41) is 4.09. The molecule has 1 N–H and O–H groups in total. The molecule has 0 aromatic rings. The Morgan fingerprint density at radius 3 is 1.62 bits per heavy atom. The molecule has 0 aromatic carbocycles. The van der Waals surface area contributed by atoms with Crippen molar-refractivity contribution in [2.75, 3.05) is 0 Å². The van der Waals surface area contributed by atoms with E-state index in [1.165, 1.54) is 0 Å². The SMILES string of the molecule is CC(C)C(C=O)C(O)(C(F)(F)F)C(F)(F)Cl. The van der Waals surface area contributed by atoms with Gasteiger partial charge in [-0.05, 0) is 17.5 Å². The van der Waals surface area contributed by atoms with E-state index in [4.69, 9.17) is 5.11 Å². The molecule has 0 saturated heterocycles. The topological polar surface area (TPSA) is 37.3 Å². The number of aldehydes is 1. The van der Waals surface area contributed by atoms with Gasteiger partial charge in [0.25, 0.3) is 0 Å². The molecular weight excluding hydrogens is 259 g/mol. The number of halogens is 6. The molecule has 0 saturated carbocycles. The van der Waals surface area contributed by atoms with Crippen LogP contribution in [0.1, 0.15) is 13.8 Å². The second kappa shape index (κ2) is 4.44. The zero-order chi connectivity index (χ0) is 13.4. The van der Waals surface area contributed by atoms with Crippen LogP contribution in [0.3, 0.4) is 0 Å². The Labute approximate surface area is 93.4 Å². The number of hydrogen-bond donors (Lipinski definition) is 1. The third kappa shape index (κ3) is 2.45. The summed E-state index contributed by atoms with van der Waals surface area (Å²) in [5.41, 5.74) is -4.57. The van der Waals surface area contributed by atoms with Gasteiger partial charge in [-0.15, -0.1) is 0 Å². The fraction of sp³-hybridized carbons (Fsp3) is 0.875. The second-order valence-electron chi connectivity index (χ2n) is 3.67. The molecule has 0 spiro atoms. The Morgan fingerprint density at radius 2 is 1.56 bits per heavy atom. The maximum atomic E-state index is 12.7. The number of rotatable bonds is 4. The van der Waals surface area contributed by atoms with Crippen LogP contribution in [-0.2, 0) is 4.79 Å². The summed E-state index contributed by atoms with van der Waals surface area (Å²) in [6.07, 6.45) is -6.08. The van der Waals surface area contributed by atoms with Gasteiger partial charge in [0.05, 0.1) is 5.92 Å². The summed E-state index contributed by atoms with van der Waals surface area (Å²) in [6, 6.07) is 0. The third-order valence-electron chi connectivity index (χ3n) is 2.21. The van der Waals surface area contributed by atoms with Crippen molar-refractivity contribution >= 4 is 17.9 Å². The van der Waals surface area contributed by atoms with Crippen molar-refractivity contribution in [3.05, 3.63) is 0 Å². The van der Waals surface area contributed by atoms with E-state index in [1.807, 2.05) is 0 Å². The predicted octanol–water partition coefficient (Wildman–Crippen LogP) is 2.58. The summed E-state index contributed by atoms with van der Waals surface area (Å²) in [7, 11) is 0. The summed E-state index contributed by atoms with van der Waals surface area (Å²) in [5.74, 6) is -3.49. The lowest BCUT2D eigenvalue weighted by Gasteiger charge is -2.39. The van der Waals surface area contributed by atoms with Crippen LogP contribution in [0, 0.1) is 11.8 Å². The molecule has 0 radical (unpaired) electrons. The van der Waals surface area contributed by atoms with Crippen molar-refractivity contribution in [2.24, 2.45) is 11.8 Å². The van der Waals surface area contributed by atoms with Crippen LogP contribution in [0.15, 0.2) is 0 Å². The molecule has 0 rings (SSSR count). The minimum absolute atomic E-state index is 0.367. The Morgan fingerprint density at radius 1 is 1.19 bits per heavy atom. The van der Waals surface area contributed by atoms with Crippen molar-refractivity contribution in [3.8, 4) is 0 Å². The normalized spacial score (nSPS) is 19.4. The fourth-order valence-corrected chi connectivity index (χ4v) is 1.51. The average Bonchev–Trinajstić information content (AvgIpc) is 1.99. The Balaban J connectivity index is 5.67. The molecule has 2 unspecified atom stereocenters. The highest BCUT2D eigenvalue weighted by atomic mass is 35.5. The molecule has 0 aliphatic heterocycles. The van der Waals surface area contributed by atoms with Crippen molar-refractivity contribution < 1.29 is 31.9 Å². The Kier molecular flexibility index (Phi) is 4.32. The quantitative estimate of drug-likeness (QED) is 0.483. The maximum absolute atomic E-state index is 12.7. The smallest absolute Gasteiger partial charge is 0.374 e. The van der Waals surface area contributed by atoms with Crippen LogP contribution in [0.25, 0.3) is 0 Å². The molecule has 0 aromatic heterocycles. The van der Waals surface area contributed by atoms with Gasteiger partial charge in [0.2, 0.25) is 5.60 Å². The molecule has 0 amide bonds. The summed E-state index contributed by atoms with van der Waals surface area (Å²) in [6.45, 7) is 2.19. The molecule has 0 bridgehead atoms. The number of hydrogen-bond acceptors (Lipinski definition) is 2. The van der Waals surface area contributed by atoms with Crippen LogP contribution in [0.2, 0.25) is 0 Å². The standard InChI is InChI=1S/C8H10ClF5O2/c1-4(2)5(3-15)6(16,7(9,10)11)8(12,13)14/h3-5,16H,1-2H3. The van der Waals surface area contributed by atoms with Crippen molar-refractivity contribution in [1.29, 1.82) is 0 Å². The van der Waals surface area contributed by atoms with Crippen molar-refractivity contribution in [2.45, 2.75) is 31.0 Å². The van der Waals surface area contributed by atoms with Crippen LogP contribution in [0.5, 0.6) is 0 Å². The largest absolute Gasteiger partial charge is 0.425 e. The van der Waals surface area contributed by atoms with E-state index < -0.39 is 29.0 Å². The lowest BCUT2D eigenvalue weighted by Crippen LogP contribution is -2.62. The van der Waals surface area contributed by atoms with E-state index >= 15 is 0 Å². The highest BCUT2D eigenvalue weighted by molar-refractivity contribution is 6.22. The predicted molar refractivity (Wildman–Crippen MR) is 46.2 cm³/mol. The first kappa shape index (κ1) is 15.6. The number of carbonyl (C=O) groups excluding carboxylic acids is 1. The highest BCUT2D eigenvalue weighted by Crippen LogP contribution is 2.50. The van der Waals surface area contributed by atoms with Gasteiger partial charge >= 0.3 is 11.6 Å². The van der Waals surface area contributed by atoms with Crippen LogP contribution in [0.4, 0.5) is 22.0 Å². The van der Waals surface area contributed by atoms with Gasteiger partial charge in [-0.2, -0.15) is 22.0 Å². The van der Waals surface area contributed by atoms with Gasteiger partial charge in [0.15, 0.2) is 0 Å². The van der Waals surface area contributed by atoms with Gasteiger partial charge in [-0.25, -0.2) is 0 Å². The van der Waals surface area contributed by atoms with E-state index in [0.29, 0.717) is 0 Å². The second-order valence-corrected chi connectivity index (χ2v) is 4.14. The van der Waals surface area contributed by atoms with E-state index in [9.17, 15) is 26.7 Å². The fourth-order valence-electron chi connectivity index (χ4n) is 1.28. The molecule has 96 valence electrons. The van der Waals surface area contributed by atoms with Gasteiger partial charge in [-0.1, -0.05) is 13.8 Å². The molecule has 2 atom stereocenters. The minimum Gasteiger partial charge on any atom is -0.374 e.